The summed E-state index contributed by atoms with van der Waals surface area (Å²) in [5.74, 6) is 0.692. The summed E-state index contributed by atoms with van der Waals surface area (Å²) >= 11 is 0. The van der Waals surface area contributed by atoms with Crippen LogP contribution in [0.2, 0.25) is 0 Å². The van der Waals surface area contributed by atoms with Crippen LogP contribution in [0.25, 0.3) is 0 Å². The van der Waals surface area contributed by atoms with Crippen LogP contribution in [0.4, 0.5) is 0 Å². The number of aromatic nitrogens is 1. The van der Waals surface area contributed by atoms with E-state index in [1.165, 1.54) is 0 Å². The second kappa shape index (κ2) is 7.65. The molecule has 1 aromatic rings. The van der Waals surface area contributed by atoms with Gasteiger partial charge in [0.1, 0.15) is 0 Å². The molecule has 1 N–H and O–H groups in total. The maximum absolute atomic E-state index is 11.5. The highest BCUT2D eigenvalue weighted by Crippen LogP contribution is 2.06. The highest BCUT2D eigenvalue weighted by atomic mass is 16.5. The van der Waals surface area contributed by atoms with E-state index in [0.29, 0.717) is 18.8 Å². The Kier molecular flexibility index (Phi) is 6.07. The zero-order valence-corrected chi connectivity index (χ0v) is 10.5. The standard InChI is InChI=1S/C13H20N2O2/c1-3-4-5-6-12(16)14-9-11-7-8-13(17-2)15-10-11/h7-8,10H,3-6,9H2,1-2H3,(H,14,16). The van der Waals surface area contributed by atoms with Crippen molar-refractivity contribution in [3.63, 3.8) is 0 Å². The Morgan fingerprint density at radius 3 is 2.82 bits per heavy atom. The van der Waals surface area contributed by atoms with Crippen LogP contribution in [-0.2, 0) is 11.3 Å². The summed E-state index contributed by atoms with van der Waals surface area (Å²) in [5.41, 5.74) is 0.981. The number of unbranched alkanes of at least 4 members (excludes halogenated alkanes) is 2. The minimum atomic E-state index is 0.106. The molecule has 0 saturated carbocycles. The van der Waals surface area contributed by atoms with E-state index in [1.807, 2.05) is 6.07 Å². The summed E-state index contributed by atoms with van der Waals surface area (Å²) in [4.78, 5) is 15.5. The molecule has 1 aromatic heterocycles. The summed E-state index contributed by atoms with van der Waals surface area (Å²) in [6.45, 7) is 2.66. The highest BCUT2D eigenvalue weighted by Gasteiger charge is 2.01. The van der Waals surface area contributed by atoms with E-state index in [2.05, 4.69) is 17.2 Å². The molecule has 1 amide bonds. The van der Waals surface area contributed by atoms with Gasteiger partial charge in [-0.15, -0.1) is 0 Å². The maximum Gasteiger partial charge on any atom is 0.220 e. The molecule has 0 atom stereocenters. The van der Waals surface area contributed by atoms with Gasteiger partial charge in [0.15, 0.2) is 0 Å². The Hall–Kier alpha value is -1.58. The number of amides is 1. The van der Waals surface area contributed by atoms with Crippen molar-refractivity contribution in [2.75, 3.05) is 7.11 Å². The van der Waals surface area contributed by atoms with E-state index in [-0.39, 0.29) is 5.91 Å². The molecule has 94 valence electrons. The maximum atomic E-state index is 11.5. The molecule has 1 heterocycles. The van der Waals surface area contributed by atoms with E-state index in [9.17, 15) is 4.79 Å². The van der Waals surface area contributed by atoms with Crippen molar-refractivity contribution in [3.05, 3.63) is 23.9 Å². The number of hydrogen-bond donors (Lipinski definition) is 1. The third kappa shape index (κ3) is 5.33. The summed E-state index contributed by atoms with van der Waals surface area (Å²) in [7, 11) is 1.58. The average Bonchev–Trinajstić information content (AvgIpc) is 2.37. The van der Waals surface area contributed by atoms with Crippen LogP contribution >= 0.6 is 0 Å². The van der Waals surface area contributed by atoms with Gasteiger partial charge in [0.25, 0.3) is 0 Å². The first-order valence-corrected chi connectivity index (χ1v) is 6.02. The topological polar surface area (TPSA) is 51.2 Å². The molecule has 1 rings (SSSR count). The lowest BCUT2D eigenvalue weighted by atomic mass is 10.2. The van der Waals surface area contributed by atoms with Crippen molar-refractivity contribution in [3.8, 4) is 5.88 Å². The van der Waals surface area contributed by atoms with Gasteiger partial charge < -0.3 is 10.1 Å². The number of carbonyl (C=O) groups is 1. The third-order valence-corrected chi connectivity index (χ3v) is 2.50. The van der Waals surface area contributed by atoms with Crippen LogP contribution < -0.4 is 10.1 Å². The molecule has 0 radical (unpaired) electrons. The third-order valence-electron chi connectivity index (χ3n) is 2.50. The van der Waals surface area contributed by atoms with E-state index < -0.39 is 0 Å². The summed E-state index contributed by atoms with van der Waals surface area (Å²) < 4.78 is 4.96. The van der Waals surface area contributed by atoms with Crippen LogP contribution in [0.3, 0.4) is 0 Å². The van der Waals surface area contributed by atoms with Gasteiger partial charge in [0, 0.05) is 25.2 Å². The molecule has 0 bridgehead atoms. The molecule has 0 saturated heterocycles. The zero-order chi connectivity index (χ0) is 12.5. The number of carbonyl (C=O) groups excluding carboxylic acids is 1. The number of nitrogens with zero attached hydrogens (tertiary/aromatic N) is 1. The average molecular weight is 236 g/mol. The second-order valence-electron chi connectivity index (χ2n) is 3.94. The molecule has 0 spiro atoms. The van der Waals surface area contributed by atoms with Gasteiger partial charge in [-0.05, 0) is 12.0 Å². The fourth-order valence-corrected chi connectivity index (χ4v) is 1.46. The predicted octanol–water partition coefficient (Wildman–Crippen LogP) is 2.29. The normalized spacial score (nSPS) is 10.0. The molecule has 0 unspecified atom stereocenters. The summed E-state index contributed by atoms with van der Waals surface area (Å²) in [5, 5.41) is 2.88. The number of pyridine rings is 1. The van der Waals surface area contributed by atoms with Crippen molar-refractivity contribution in [1.82, 2.24) is 10.3 Å². The van der Waals surface area contributed by atoms with Crippen molar-refractivity contribution in [2.45, 2.75) is 39.2 Å². The molecule has 0 aliphatic heterocycles. The number of nitrogens with one attached hydrogen (secondary N) is 1. The molecule has 0 aliphatic rings. The summed E-state index contributed by atoms with van der Waals surface area (Å²) in [6, 6.07) is 3.69. The van der Waals surface area contributed by atoms with Crippen molar-refractivity contribution < 1.29 is 9.53 Å². The van der Waals surface area contributed by atoms with Crippen molar-refractivity contribution in [2.24, 2.45) is 0 Å². The Labute approximate surface area is 102 Å². The Morgan fingerprint density at radius 1 is 1.41 bits per heavy atom. The quantitative estimate of drug-likeness (QED) is 0.739. The fourth-order valence-electron chi connectivity index (χ4n) is 1.46. The first-order chi connectivity index (χ1) is 8.26. The largest absolute Gasteiger partial charge is 0.481 e. The zero-order valence-electron chi connectivity index (χ0n) is 10.5. The van der Waals surface area contributed by atoms with Gasteiger partial charge in [-0.1, -0.05) is 25.8 Å². The first-order valence-electron chi connectivity index (χ1n) is 6.02. The van der Waals surface area contributed by atoms with E-state index in [0.717, 1.165) is 24.8 Å². The molecule has 17 heavy (non-hydrogen) atoms. The molecule has 4 heteroatoms. The van der Waals surface area contributed by atoms with Gasteiger partial charge in [-0.25, -0.2) is 4.98 Å². The lowest BCUT2D eigenvalue weighted by molar-refractivity contribution is -0.121. The minimum absolute atomic E-state index is 0.106. The Morgan fingerprint density at radius 2 is 2.24 bits per heavy atom. The molecule has 0 aromatic carbocycles. The minimum Gasteiger partial charge on any atom is -0.481 e. The van der Waals surface area contributed by atoms with Gasteiger partial charge in [-0.2, -0.15) is 0 Å². The summed E-state index contributed by atoms with van der Waals surface area (Å²) in [6.07, 6.45) is 5.53. The molecule has 0 aliphatic carbocycles. The van der Waals surface area contributed by atoms with Gasteiger partial charge in [0.2, 0.25) is 11.8 Å². The Bertz CT molecular complexity index is 336. The molecular weight excluding hydrogens is 216 g/mol. The predicted molar refractivity (Wildman–Crippen MR) is 66.8 cm³/mol. The highest BCUT2D eigenvalue weighted by molar-refractivity contribution is 5.75. The number of hydrogen-bond acceptors (Lipinski definition) is 3. The number of ether oxygens (including phenoxy) is 1. The van der Waals surface area contributed by atoms with Gasteiger partial charge >= 0.3 is 0 Å². The van der Waals surface area contributed by atoms with Crippen LogP contribution in [0.15, 0.2) is 18.3 Å². The van der Waals surface area contributed by atoms with Crippen LogP contribution in [-0.4, -0.2) is 18.0 Å². The monoisotopic (exact) mass is 236 g/mol. The molecular formula is C13H20N2O2. The molecule has 0 fully saturated rings. The SMILES string of the molecule is CCCCCC(=O)NCc1ccc(OC)nc1. The first kappa shape index (κ1) is 13.5. The van der Waals surface area contributed by atoms with Gasteiger partial charge in [0.05, 0.1) is 7.11 Å². The second-order valence-corrected chi connectivity index (χ2v) is 3.94. The van der Waals surface area contributed by atoms with Crippen LogP contribution in [0.1, 0.15) is 38.2 Å². The van der Waals surface area contributed by atoms with Crippen molar-refractivity contribution in [1.29, 1.82) is 0 Å². The lowest BCUT2D eigenvalue weighted by Gasteiger charge is -2.05. The fraction of sp³-hybridized carbons (Fsp3) is 0.538. The lowest BCUT2D eigenvalue weighted by Crippen LogP contribution is -2.22. The van der Waals surface area contributed by atoms with Crippen LogP contribution in [0, 0.1) is 0 Å². The van der Waals surface area contributed by atoms with Gasteiger partial charge in [-0.3, -0.25) is 4.79 Å². The Balaban J connectivity index is 2.27. The van der Waals surface area contributed by atoms with E-state index in [1.54, 1.807) is 19.4 Å². The number of rotatable bonds is 7. The number of methoxy groups -OCH3 is 1. The molecule has 4 nitrogen and oxygen atoms in total. The van der Waals surface area contributed by atoms with E-state index in [4.69, 9.17) is 4.74 Å². The smallest absolute Gasteiger partial charge is 0.220 e. The van der Waals surface area contributed by atoms with Crippen molar-refractivity contribution >= 4 is 5.91 Å². The van der Waals surface area contributed by atoms with Crippen LogP contribution in [0.5, 0.6) is 5.88 Å². The van der Waals surface area contributed by atoms with E-state index >= 15 is 0 Å².